The van der Waals surface area contributed by atoms with Gasteiger partial charge in [0.25, 0.3) is 5.91 Å². The van der Waals surface area contributed by atoms with Gasteiger partial charge < -0.3 is 10.6 Å². The van der Waals surface area contributed by atoms with Crippen molar-refractivity contribution in [3.05, 3.63) is 29.3 Å². The van der Waals surface area contributed by atoms with E-state index in [1.807, 2.05) is 12.1 Å². The van der Waals surface area contributed by atoms with Gasteiger partial charge in [0, 0.05) is 23.8 Å². The van der Waals surface area contributed by atoms with Gasteiger partial charge in [-0.1, -0.05) is 0 Å². The SMILES string of the molecule is Cl.O=C(NC1CCC(C(F)(F)F)CC1)c1ccc2c(c1)CCN2. The van der Waals surface area contributed by atoms with Gasteiger partial charge in [0.15, 0.2) is 0 Å². The second-order valence-corrected chi connectivity index (χ2v) is 6.11. The fourth-order valence-corrected chi connectivity index (χ4v) is 3.28. The molecular weight excluding hydrogens is 329 g/mol. The van der Waals surface area contributed by atoms with Crippen molar-refractivity contribution in [2.24, 2.45) is 5.92 Å². The van der Waals surface area contributed by atoms with Crippen LogP contribution in [0.2, 0.25) is 0 Å². The van der Waals surface area contributed by atoms with Crippen molar-refractivity contribution < 1.29 is 18.0 Å². The summed E-state index contributed by atoms with van der Waals surface area (Å²) in [6.07, 6.45) is -2.23. The summed E-state index contributed by atoms with van der Waals surface area (Å²) in [5.74, 6) is -1.41. The van der Waals surface area contributed by atoms with Gasteiger partial charge in [-0.2, -0.15) is 13.2 Å². The molecule has 0 aromatic heterocycles. The van der Waals surface area contributed by atoms with Crippen molar-refractivity contribution in [3.8, 4) is 0 Å². The van der Waals surface area contributed by atoms with Crippen molar-refractivity contribution >= 4 is 24.0 Å². The van der Waals surface area contributed by atoms with E-state index in [0.717, 1.165) is 24.2 Å². The Morgan fingerprint density at radius 3 is 2.52 bits per heavy atom. The van der Waals surface area contributed by atoms with Gasteiger partial charge in [0.2, 0.25) is 0 Å². The average Bonchev–Trinajstić information content (AvgIpc) is 2.94. The van der Waals surface area contributed by atoms with Crippen LogP contribution >= 0.6 is 12.4 Å². The Labute approximate surface area is 139 Å². The fourth-order valence-electron chi connectivity index (χ4n) is 3.28. The van der Waals surface area contributed by atoms with Crippen LogP contribution in [-0.4, -0.2) is 24.7 Å². The summed E-state index contributed by atoms with van der Waals surface area (Å²) in [6, 6.07) is 5.36. The summed E-state index contributed by atoms with van der Waals surface area (Å²) in [5.41, 5.74) is 2.76. The van der Waals surface area contributed by atoms with Crippen LogP contribution in [0.3, 0.4) is 0 Å². The summed E-state index contributed by atoms with van der Waals surface area (Å²) >= 11 is 0. The first-order valence-electron chi connectivity index (χ1n) is 7.68. The van der Waals surface area contributed by atoms with E-state index in [9.17, 15) is 18.0 Å². The highest BCUT2D eigenvalue weighted by Crippen LogP contribution is 2.37. The number of anilines is 1. The Kier molecular flexibility index (Phi) is 5.45. The number of benzene rings is 1. The molecule has 1 heterocycles. The summed E-state index contributed by atoms with van der Waals surface area (Å²) in [7, 11) is 0. The largest absolute Gasteiger partial charge is 0.391 e. The highest BCUT2D eigenvalue weighted by molar-refractivity contribution is 5.95. The number of nitrogens with one attached hydrogen (secondary N) is 2. The summed E-state index contributed by atoms with van der Waals surface area (Å²) in [6.45, 7) is 0.877. The molecule has 2 N–H and O–H groups in total. The molecule has 1 aromatic carbocycles. The number of rotatable bonds is 2. The molecule has 23 heavy (non-hydrogen) atoms. The topological polar surface area (TPSA) is 41.1 Å². The Balaban J connectivity index is 0.00000192. The van der Waals surface area contributed by atoms with Crippen LogP contribution in [0.5, 0.6) is 0 Å². The molecule has 0 saturated heterocycles. The van der Waals surface area contributed by atoms with Gasteiger partial charge >= 0.3 is 6.18 Å². The predicted molar refractivity (Wildman–Crippen MR) is 85.2 cm³/mol. The Morgan fingerprint density at radius 1 is 1.17 bits per heavy atom. The third kappa shape index (κ3) is 4.10. The van der Waals surface area contributed by atoms with Gasteiger partial charge in [-0.15, -0.1) is 12.4 Å². The Morgan fingerprint density at radius 2 is 1.87 bits per heavy atom. The minimum atomic E-state index is -4.11. The lowest BCUT2D eigenvalue weighted by molar-refractivity contribution is -0.182. The normalized spacial score (nSPS) is 23.4. The minimum Gasteiger partial charge on any atom is -0.384 e. The number of carbonyl (C=O) groups excluding carboxylic acids is 1. The second kappa shape index (κ2) is 6.99. The zero-order valence-electron chi connectivity index (χ0n) is 12.6. The van der Waals surface area contributed by atoms with Crippen molar-refractivity contribution in [3.63, 3.8) is 0 Å². The Bertz CT molecular complexity index is 569. The van der Waals surface area contributed by atoms with Crippen LogP contribution in [0, 0.1) is 5.92 Å². The van der Waals surface area contributed by atoms with Crippen LogP contribution in [0.15, 0.2) is 18.2 Å². The van der Waals surface area contributed by atoms with Gasteiger partial charge in [0.05, 0.1) is 5.92 Å². The zero-order chi connectivity index (χ0) is 15.7. The lowest BCUT2D eigenvalue weighted by atomic mass is 9.85. The van der Waals surface area contributed by atoms with E-state index in [-0.39, 0.29) is 37.2 Å². The first-order chi connectivity index (χ1) is 10.4. The summed E-state index contributed by atoms with van der Waals surface area (Å²) in [4.78, 5) is 12.2. The molecule has 0 spiro atoms. The molecule has 1 aliphatic carbocycles. The van der Waals surface area contributed by atoms with E-state index in [1.54, 1.807) is 6.07 Å². The third-order valence-electron chi connectivity index (χ3n) is 4.60. The highest BCUT2D eigenvalue weighted by Gasteiger charge is 2.41. The molecule has 3 rings (SSSR count). The molecule has 1 fully saturated rings. The van der Waals surface area contributed by atoms with E-state index >= 15 is 0 Å². The van der Waals surface area contributed by atoms with E-state index < -0.39 is 12.1 Å². The monoisotopic (exact) mass is 348 g/mol. The van der Waals surface area contributed by atoms with Crippen molar-refractivity contribution in [1.29, 1.82) is 0 Å². The molecule has 0 radical (unpaired) electrons. The minimum absolute atomic E-state index is 0. The maximum atomic E-state index is 12.6. The van der Waals surface area contributed by atoms with Crippen molar-refractivity contribution in [2.45, 2.75) is 44.3 Å². The zero-order valence-corrected chi connectivity index (χ0v) is 13.4. The Hall–Kier alpha value is -1.43. The van der Waals surface area contributed by atoms with E-state index in [2.05, 4.69) is 10.6 Å². The maximum absolute atomic E-state index is 12.6. The molecule has 0 atom stereocenters. The molecule has 7 heteroatoms. The first kappa shape index (κ1) is 17.9. The van der Waals surface area contributed by atoms with Crippen LogP contribution in [0.1, 0.15) is 41.6 Å². The molecule has 1 aliphatic heterocycles. The molecule has 3 nitrogen and oxygen atoms in total. The third-order valence-corrected chi connectivity index (χ3v) is 4.60. The quantitative estimate of drug-likeness (QED) is 0.850. The molecular formula is C16H20ClF3N2O. The van der Waals surface area contributed by atoms with E-state index in [4.69, 9.17) is 0 Å². The highest BCUT2D eigenvalue weighted by atomic mass is 35.5. The molecule has 0 unspecified atom stereocenters. The standard InChI is InChI=1S/C16H19F3N2O.ClH/c17-16(18,19)12-2-4-13(5-3-12)21-15(22)11-1-6-14-10(9-11)7-8-20-14;/h1,6,9,12-13,20H,2-5,7-8H2,(H,21,22);1H. The van der Waals surface area contributed by atoms with Gasteiger partial charge in [-0.25, -0.2) is 0 Å². The predicted octanol–water partition coefficient (Wildman–Crippen LogP) is 3.93. The average molecular weight is 349 g/mol. The summed E-state index contributed by atoms with van der Waals surface area (Å²) < 4.78 is 37.9. The number of hydrogen-bond donors (Lipinski definition) is 2. The van der Waals surface area contributed by atoms with Gasteiger partial charge in [-0.05, 0) is 55.9 Å². The molecule has 0 bridgehead atoms. The number of alkyl halides is 3. The number of halogens is 4. The van der Waals surface area contributed by atoms with Gasteiger partial charge in [-0.3, -0.25) is 4.79 Å². The van der Waals surface area contributed by atoms with E-state index in [0.29, 0.717) is 18.4 Å². The van der Waals surface area contributed by atoms with Crippen LogP contribution in [0.4, 0.5) is 18.9 Å². The fraction of sp³-hybridized carbons (Fsp3) is 0.562. The lowest BCUT2D eigenvalue weighted by Gasteiger charge is -2.30. The number of hydrogen-bond acceptors (Lipinski definition) is 2. The first-order valence-corrected chi connectivity index (χ1v) is 7.68. The molecule has 2 aliphatic rings. The maximum Gasteiger partial charge on any atom is 0.391 e. The molecule has 1 aromatic rings. The number of amides is 1. The van der Waals surface area contributed by atoms with Gasteiger partial charge in [0.1, 0.15) is 0 Å². The second-order valence-electron chi connectivity index (χ2n) is 6.11. The lowest BCUT2D eigenvalue weighted by Crippen LogP contribution is -2.40. The van der Waals surface area contributed by atoms with Crippen molar-refractivity contribution in [2.75, 3.05) is 11.9 Å². The van der Waals surface area contributed by atoms with Crippen LogP contribution < -0.4 is 10.6 Å². The number of fused-ring (bicyclic) bond motifs is 1. The van der Waals surface area contributed by atoms with E-state index in [1.165, 1.54) is 0 Å². The summed E-state index contributed by atoms with van der Waals surface area (Å²) in [5, 5.41) is 6.10. The van der Waals surface area contributed by atoms with Crippen molar-refractivity contribution in [1.82, 2.24) is 5.32 Å². The number of carbonyl (C=O) groups is 1. The van der Waals surface area contributed by atoms with Crippen LogP contribution in [-0.2, 0) is 6.42 Å². The smallest absolute Gasteiger partial charge is 0.384 e. The molecule has 1 amide bonds. The van der Waals surface area contributed by atoms with Crippen LogP contribution in [0.25, 0.3) is 0 Å². The molecule has 128 valence electrons. The molecule has 1 saturated carbocycles.